The largest absolute Gasteiger partial charge is 0.325 e. The fraction of sp³-hybridized carbons (Fsp3) is 0.650. The normalized spacial score (nSPS) is 25.8. The van der Waals surface area contributed by atoms with Gasteiger partial charge in [-0.3, -0.25) is 0 Å². The number of halogens is 1. The fourth-order valence-electron chi connectivity index (χ4n) is 4.38. The molecule has 3 rings (SSSR count). The zero-order valence-corrected chi connectivity index (χ0v) is 15.4. The maximum Gasteiger partial charge on any atom is 0.321 e. The van der Waals surface area contributed by atoms with Crippen molar-refractivity contribution in [3.8, 4) is 0 Å². The maximum absolute atomic E-state index is 13.7. The predicted octanol–water partition coefficient (Wildman–Crippen LogP) is 4.05. The van der Waals surface area contributed by atoms with Crippen molar-refractivity contribution in [2.75, 3.05) is 38.0 Å². The Morgan fingerprint density at radius 1 is 1.16 bits per heavy atom. The number of carbonyl (C=O) groups excluding carboxylic acids is 1. The molecule has 2 aliphatic rings. The van der Waals surface area contributed by atoms with Gasteiger partial charge < -0.3 is 15.1 Å². The second kappa shape index (κ2) is 8.17. The van der Waals surface area contributed by atoms with Crippen LogP contribution in [0.5, 0.6) is 0 Å². The highest BCUT2D eigenvalue weighted by atomic mass is 19.1. The van der Waals surface area contributed by atoms with Gasteiger partial charge in [-0.05, 0) is 49.1 Å². The van der Waals surface area contributed by atoms with Gasteiger partial charge in [0.15, 0.2) is 0 Å². The zero-order chi connectivity index (χ0) is 17.8. The lowest BCUT2D eigenvalue weighted by atomic mass is 9.89. The molecule has 0 radical (unpaired) electrons. The van der Waals surface area contributed by atoms with E-state index in [-0.39, 0.29) is 17.5 Å². The van der Waals surface area contributed by atoms with Gasteiger partial charge in [0.25, 0.3) is 0 Å². The highest BCUT2D eigenvalue weighted by molar-refractivity contribution is 5.89. The first-order valence-corrected chi connectivity index (χ1v) is 9.54. The van der Waals surface area contributed by atoms with E-state index in [2.05, 4.69) is 24.1 Å². The lowest BCUT2D eigenvalue weighted by molar-refractivity contribution is 0.101. The molecule has 2 amide bonds. The highest BCUT2D eigenvalue weighted by Gasteiger charge is 2.27. The molecule has 0 bridgehead atoms. The first-order valence-electron chi connectivity index (χ1n) is 9.54. The minimum Gasteiger partial charge on any atom is -0.325 e. The minimum atomic E-state index is -0.390. The van der Waals surface area contributed by atoms with Gasteiger partial charge in [0, 0.05) is 32.7 Å². The van der Waals surface area contributed by atoms with E-state index in [9.17, 15) is 9.18 Å². The second-order valence-corrected chi connectivity index (χ2v) is 8.01. The van der Waals surface area contributed by atoms with Crippen molar-refractivity contribution in [2.45, 2.75) is 33.1 Å². The third-order valence-corrected chi connectivity index (χ3v) is 5.48. The van der Waals surface area contributed by atoms with Gasteiger partial charge in [0.1, 0.15) is 5.82 Å². The minimum absolute atomic E-state index is 0.191. The molecular weight excluding hydrogens is 317 g/mol. The molecule has 0 aliphatic carbocycles. The average Bonchev–Trinajstić information content (AvgIpc) is 2.56. The first-order chi connectivity index (χ1) is 12.0. The molecule has 1 aromatic rings. The Labute approximate surface area is 150 Å². The molecule has 2 fully saturated rings. The van der Waals surface area contributed by atoms with Gasteiger partial charge in [0.2, 0.25) is 0 Å². The van der Waals surface area contributed by atoms with Gasteiger partial charge in [-0.2, -0.15) is 0 Å². The summed E-state index contributed by atoms with van der Waals surface area (Å²) in [7, 11) is 0. The second-order valence-electron chi connectivity index (χ2n) is 8.01. The molecule has 2 heterocycles. The molecule has 138 valence electrons. The SMILES string of the molecule is C[C@H]1C[C@H](C)CN(CC2CCN(C(=O)Nc3ccccc3F)CC2)C1. The Morgan fingerprint density at radius 3 is 2.44 bits per heavy atom. The summed E-state index contributed by atoms with van der Waals surface area (Å²) < 4.78 is 13.7. The number of carbonyl (C=O) groups is 1. The van der Waals surface area contributed by atoms with Crippen LogP contribution in [0.25, 0.3) is 0 Å². The molecule has 0 saturated carbocycles. The van der Waals surface area contributed by atoms with Crippen molar-refractivity contribution in [3.63, 3.8) is 0 Å². The van der Waals surface area contributed by atoms with Crippen molar-refractivity contribution in [1.29, 1.82) is 0 Å². The number of amides is 2. The lowest BCUT2D eigenvalue weighted by Crippen LogP contribution is -2.46. The highest BCUT2D eigenvalue weighted by Crippen LogP contribution is 2.25. The standard InChI is InChI=1S/C20H30FN3O/c1-15-11-16(2)13-23(12-15)14-17-7-9-24(10-8-17)20(25)22-19-6-4-3-5-18(19)21/h3-6,15-17H,7-14H2,1-2H3,(H,22,25)/t15-,16-/m0/s1. The molecular formula is C20H30FN3O. The van der Waals surface area contributed by atoms with E-state index in [4.69, 9.17) is 0 Å². The fourth-order valence-corrected chi connectivity index (χ4v) is 4.38. The zero-order valence-electron chi connectivity index (χ0n) is 15.4. The molecule has 5 heteroatoms. The van der Waals surface area contributed by atoms with E-state index in [1.807, 2.05) is 4.90 Å². The summed E-state index contributed by atoms with van der Waals surface area (Å²) in [5.41, 5.74) is 0.255. The van der Waals surface area contributed by atoms with Crippen LogP contribution in [-0.4, -0.2) is 48.6 Å². The van der Waals surface area contributed by atoms with Crippen LogP contribution in [0.1, 0.15) is 33.1 Å². The lowest BCUT2D eigenvalue weighted by Gasteiger charge is -2.39. The molecule has 0 aromatic heterocycles. The number of anilines is 1. The predicted molar refractivity (Wildman–Crippen MR) is 99.1 cm³/mol. The van der Waals surface area contributed by atoms with Crippen LogP contribution in [-0.2, 0) is 0 Å². The van der Waals surface area contributed by atoms with E-state index in [1.165, 1.54) is 25.6 Å². The Bertz CT molecular complexity index is 576. The maximum atomic E-state index is 13.7. The van der Waals surface area contributed by atoms with Crippen LogP contribution >= 0.6 is 0 Å². The smallest absolute Gasteiger partial charge is 0.321 e. The number of nitrogens with one attached hydrogen (secondary N) is 1. The number of nitrogens with zero attached hydrogens (tertiary/aromatic N) is 2. The van der Waals surface area contributed by atoms with Crippen LogP contribution in [0.3, 0.4) is 0 Å². The van der Waals surface area contributed by atoms with E-state index in [1.54, 1.807) is 18.2 Å². The molecule has 1 aromatic carbocycles. The van der Waals surface area contributed by atoms with Crippen LogP contribution in [0.15, 0.2) is 24.3 Å². The molecule has 0 spiro atoms. The van der Waals surface area contributed by atoms with Gasteiger partial charge in [-0.1, -0.05) is 26.0 Å². The summed E-state index contributed by atoms with van der Waals surface area (Å²) in [4.78, 5) is 16.8. The van der Waals surface area contributed by atoms with Crippen molar-refractivity contribution in [2.24, 2.45) is 17.8 Å². The molecule has 4 nitrogen and oxygen atoms in total. The topological polar surface area (TPSA) is 35.6 Å². The quantitative estimate of drug-likeness (QED) is 0.895. The molecule has 2 saturated heterocycles. The first kappa shape index (κ1) is 18.2. The Hall–Kier alpha value is -1.62. The van der Waals surface area contributed by atoms with Crippen molar-refractivity contribution >= 4 is 11.7 Å². The van der Waals surface area contributed by atoms with Gasteiger partial charge in [0.05, 0.1) is 5.69 Å². The van der Waals surface area contributed by atoms with Crippen molar-refractivity contribution < 1.29 is 9.18 Å². The number of rotatable bonds is 3. The van der Waals surface area contributed by atoms with Crippen LogP contribution in [0.4, 0.5) is 14.9 Å². The van der Waals surface area contributed by atoms with Gasteiger partial charge in [-0.25, -0.2) is 9.18 Å². The van der Waals surface area contributed by atoms with Crippen LogP contribution in [0, 0.1) is 23.6 Å². The summed E-state index contributed by atoms with van der Waals surface area (Å²) in [5, 5.41) is 2.69. The van der Waals surface area contributed by atoms with E-state index >= 15 is 0 Å². The number of benzene rings is 1. The molecule has 2 atom stereocenters. The number of piperidine rings is 2. The number of urea groups is 1. The van der Waals surface area contributed by atoms with E-state index < -0.39 is 0 Å². The summed E-state index contributed by atoms with van der Waals surface area (Å²) in [6.07, 6.45) is 3.40. The summed E-state index contributed by atoms with van der Waals surface area (Å²) >= 11 is 0. The third kappa shape index (κ3) is 4.94. The van der Waals surface area contributed by atoms with Crippen LogP contribution in [0.2, 0.25) is 0 Å². The van der Waals surface area contributed by atoms with Crippen molar-refractivity contribution in [1.82, 2.24) is 9.80 Å². The monoisotopic (exact) mass is 347 g/mol. The molecule has 25 heavy (non-hydrogen) atoms. The number of likely N-dealkylation sites (tertiary alicyclic amines) is 2. The molecule has 1 N–H and O–H groups in total. The summed E-state index contributed by atoms with van der Waals surface area (Å²) in [5.74, 6) is 1.85. The summed E-state index contributed by atoms with van der Waals surface area (Å²) in [6.45, 7) is 9.76. The number of hydrogen-bond acceptors (Lipinski definition) is 2. The number of hydrogen-bond donors (Lipinski definition) is 1. The Balaban J connectivity index is 1.45. The van der Waals surface area contributed by atoms with Gasteiger partial charge >= 0.3 is 6.03 Å². The third-order valence-electron chi connectivity index (χ3n) is 5.48. The summed E-state index contributed by atoms with van der Waals surface area (Å²) in [6, 6.07) is 6.12. The Kier molecular flexibility index (Phi) is 5.94. The molecule has 0 unspecified atom stereocenters. The Morgan fingerprint density at radius 2 is 1.80 bits per heavy atom. The van der Waals surface area contributed by atoms with Crippen LogP contribution < -0.4 is 5.32 Å². The van der Waals surface area contributed by atoms with Crippen molar-refractivity contribution in [3.05, 3.63) is 30.1 Å². The van der Waals surface area contributed by atoms with E-state index in [0.717, 1.165) is 44.3 Å². The number of para-hydroxylation sites is 1. The molecule has 2 aliphatic heterocycles. The average molecular weight is 347 g/mol. The van der Waals surface area contributed by atoms with E-state index in [0.29, 0.717) is 5.92 Å². The van der Waals surface area contributed by atoms with Gasteiger partial charge in [-0.15, -0.1) is 0 Å².